The summed E-state index contributed by atoms with van der Waals surface area (Å²) in [6.45, 7) is 2.98. The molecule has 1 N–H and O–H groups in total. The van der Waals surface area contributed by atoms with Gasteiger partial charge in [-0.15, -0.1) is 0 Å². The number of ether oxygens (including phenoxy) is 1. The molecule has 0 aliphatic carbocycles. The molecular weight excluding hydrogens is 340 g/mol. The number of hydrogen-bond acceptors (Lipinski definition) is 5. The lowest BCUT2D eigenvalue weighted by Crippen LogP contribution is -2.41. The van der Waals surface area contributed by atoms with E-state index in [2.05, 4.69) is 0 Å². The van der Waals surface area contributed by atoms with Crippen LogP contribution in [-0.4, -0.2) is 46.5 Å². The van der Waals surface area contributed by atoms with E-state index in [4.69, 9.17) is 9.84 Å². The van der Waals surface area contributed by atoms with Crippen molar-refractivity contribution >= 4 is 23.6 Å². The van der Waals surface area contributed by atoms with E-state index in [0.717, 1.165) is 6.42 Å². The second-order valence-corrected chi connectivity index (χ2v) is 6.13. The van der Waals surface area contributed by atoms with Gasteiger partial charge in [0, 0.05) is 25.2 Å². The van der Waals surface area contributed by atoms with Gasteiger partial charge in [0.25, 0.3) is 0 Å². The first kappa shape index (κ1) is 19.4. The quantitative estimate of drug-likeness (QED) is 0.454. The fourth-order valence-corrected chi connectivity index (χ4v) is 2.77. The molecule has 1 unspecified atom stereocenters. The van der Waals surface area contributed by atoms with Gasteiger partial charge in [-0.2, -0.15) is 0 Å². The van der Waals surface area contributed by atoms with Crippen LogP contribution < -0.4 is 4.74 Å². The smallest absolute Gasteiger partial charge is 0.311 e. The van der Waals surface area contributed by atoms with Crippen molar-refractivity contribution in [3.63, 3.8) is 0 Å². The summed E-state index contributed by atoms with van der Waals surface area (Å²) in [5, 5.41) is 20.3. The molecule has 0 bridgehead atoms. The summed E-state index contributed by atoms with van der Waals surface area (Å²) in [7, 11) is 0. The first-order valence-electron chi connectivity index (χ1n) is 8.53. The molecule has 1 atom stereocenters. The van der Waals surface area contributed by atoms with Crippen LogP contribution in [0.4, 0.5) is 5.69 Å². The normalized spacial score (nSPS) is 17.3. The van der Waals surface area contributed by atoms with Gasteiger partial charge < -0.3 is 14.7 Å². The molecule has 1 fully saturated rings. The Kier molecular flexibility index (Phi) is 6.71. The van der Waals surface area contributed by atoms with Gasteiger partial charge >= 0.3 is 11.7 Å². The fourth-order valence-electron chi connectivity index (χ4n) is 2.77. The van der Waals surface area contributed by atoms with Crippen molar-refractivity contribution in [2.75, 3.05) is 19.7 Å². The van der Waals surface area contributed by atoms with Crippen LogP contribution in [0.5, 0.6) is 5.75 Å². The van der Waals surface area contributed by atoms with Crippen LogP contribution in [0, 0.1) is 16.0 Å². The Morgan fingerprint density at radius 1 is 1.46 bits per heavy atom. The number of rotatable bonds is 7. The van der Waals surface area contributed by atoms with Crippen molar-refractivity contribution in [1.82, 2.24) is 4.90 Å². The highest BCUT2D eigenvalue weighted by atomic mass is 16.6. The van der Waals surface area contributed by atoms with E-state index in [0.29, 0.717) is 31.6 Å². The average molecular weight is 362 g/mol. The van der Waals surface area contributed by atoms with Gasteiger partial charge in [0.1, 0.15) is 0 Å². The second kappa shape index (κ2) is 8.98. The number of amides is 1. The number of carbonyl (C=O) groups is 2. The maximum absolute atomic E-state index is 12.3. The molecule has 2 rings (SSSR count). The van der Waals surface area contributed by atoms with E-state index in [9.17, 15) is 19.7 Å². The van der Waals surface area contributed by atoms with Crippen molar-refractivity contribution in [2.45, 2.75) is 26.2 Å². The number of carboxylic acid groups (broad SMARTS) is 1. The molecule has 0 radical (unpaired) electrons. The molecule has 140 valence electrons. The predicted octanol–water partition coefficient (Wildman–Crippen LogP) is 2.72. The van der Waals surface area contributed by atoms with E-state index in [1.807, 2.05) is 6.92 Å². The second-order valence-electron chi connectivity index (χ2n) is 6.13. The zero-order valence-electron chi connectivity index (χ0n) is 14.6. The van der Waals surface area contributed by atoms with E-state index in [1.54, 1.807) is 6.07 Å². The van der Waals surface area contributed by atoms with Gasteiger partial charge in [-0.3, -0.25) is 19.7 Å². The van der Waals surface area contributed by atoms with Crippen LogP contribution in [0.3, 0.4) is 0 Å². The Morgan fingerprint density at radius 3 is 2.88 bits per heavy atom. The molecule has 8 heteroatoms. The van der Waals surface area contributed by atoms with Gasteiger partial charge in [-0.25, -0.2) is 0 Å². The Labute approximate surface area is 151 Å². The third kappa shape index (κ3) is 5.05. The Morgan fingerprint density at radius 2 is 2.23 bits per heavy atom. The fraction of sp³-hybridized carbons (Fsp3) is 0.444. The SMILES string of the molecule is CCCOc1ccc(/C=C/C(=O)N2CCCC(C(=O)O)C2)cc1[N+](=O)[O-]. The molecule has 26 heavy (non-hydrogen) atoms. The molecule has 1 heterocycles. The Bertz CT molecular complexity index is 716. The number of nitro groups is 1. The third-order valence-corrected chi connectivity index (χ3v) is 4.14. The number of likely N-dealkylation sites (tertiary alicyclic amines) is 1. The summed E-state index contributed by atoms with van der Waals surface area (Å²) in [6, 6.07) is 4.50. The van der Waals surface area contributed by atoms with Crippen LogP contribution in [0.25, 0.3) is 6.08 Å². The first-order valence-corrected chi connectivity index (χ1v) is 8.53. The summed E-state index contributed by atoms with van der Waals surface area (Å²) in [5.41, 5.74) is 0.345. The number of aliphatic carboxylic acids is 1. The highest BCUT2D eigenvalue weighted by molar-refractivity contribution is 5.92. The topological polar surface area (TPSA) is 110 Å². The monoisotopic (exact) mass is 362 g/mol. The van der Waals surface area contributed by atoms with Crippen LogP contribution in [0.2, 0.25) is 0 Å². The largest absolute Gasteiger partial charge is 0.487 e. The summed E-state index contributed by atoms with van der Waals surface area (Å²) in [4.78, 5) is 35.5. The number of nitro benzene ring substituents is 1. The highest BCUT2D eigenvalue weighted by Crippen LogP contribution is 2.28. The van der Waals surface area contributed by atoms with E-state index in [1.165, 1.54) is 29.2 Å². The van der Waals surface area contributed by atoms with E-state index < -0.39 is 16.8 Å². The lowest BCUT2D eigenvalue weighted by atomic mass is 9.98. The van der Waals surface area contributed by atoms with E-state index >= 15 is 0 Å². The number of carboxylic acids is 1. The minimum Gasteiger partial charge on any atom is -0.487 e. The molecule has 0 aromatic heterocycles. The van der Waals surface area contributed by atoms with Gasteiger partial charge in [0.05, 0.1) is 17.4 Å². The minimum atomic E-state index is -0.898. The highest BCUT2D eigenvalue weighted by Gasteiger charge is 2.27. The number of benzene rings is 1. The maximum atomic E-state index is 12.3. The Hall–Kier alpha value is -2.90. The van der Waals surface area contributed by atoms with Crippen molar-refractivity contribution in [2.24, 2.45) is 5.92 Å². The number of piperidine rings is 1. The third-order valence-electron chi connectivity index (χ3n) is 4.14. The lowest BCUT2D eigenvalue weighted by Gasteiger charge is -2.29. The summed E-state index contributed by atoms with van der Waals surface area (Å²) in [5.74, 6) is -1.55. The van der Waals surface area contributed by atoms with Gasteiger partial charge in [-0.05, 0) is 37.0 Å². The predicted molar refractivity (Wildman–Crippen MR) is 94.9 cm³/mol. The van der Waals surface area contributed by atoms with E-state index in [-0.39, 0.29) is 23.9 Å². The number of nitrogens with zero attached hydrogens (tertiary/aromatic N) is 2. The molecule has 8 nitrogen and oxygen atoms in total. The summed E-state index contributed by atoms with van der Waals surface area (Å²) in [6.07, 6.45) is 4.75. The standard InChI is InChI=1S/C18H22N2O6/c1-2-10-26-16-7-5-13(11-15(16)20(24)25)6-8-17(21)19-9-3-4-14(12-19)18(22)23/h5-8,11,14H,2-4,9-10,12H2,1H3,(H,22,23)/b8-6+. The number of hydrogen-bond donors (Lipinski definition) is 1. The minimum absolute atomic E-state index is 0.156. The lowest BCUT2D eigenvalue weighted by molar-refractivity contribution is -0.385. The molecule has 0 saturated carbocycles. The molecular formula is C18H22N2O6. The zero-order valence-corrected chi connectivity index (χ0v) is 14.6. The number of carbonyl (C=O) groups excluding carboxylic acids is 1. The summed E-state index contributed by atoms with van der Waals surface area (Å²) >= 11 is 0. The molecule has 1 aromatic carbocycles. The maximum Gasteiger partial charge on any atom is 0.311 e. The van der Waals surface area contributed by atoms with Gasteiger partial charge in [0.2, 0.25) is 5.91 Å². The van der Waals surface area contributed by atoms with Crippen molar-refractivity contribution in [1.29, 1.82) is 0 Å². The molecule has 1 amide bonds. The molecule has 1 saturated heterocycles. The van der Waals surface area contributed by atoms with Crippen molar-refractivity contribution < 1.29 is 24.4 Å². The molecule has 1 aliphatic heterocycles. The Balaban J connectivity index is 2.09. The van der Waals surface area contributed by atoms with Gasteiger partial charge in [0.15, 0.2) is 5.75 Å². The summed E-state index contributed by atoms with van der Waals surface area (Å²) < 4.78 is 5.36. The zero-order chi connectivity index (χ0) is 19.1. The van der Waals surface area contributed by atoms with Crippen molar-refractivity contribution in [3.8, 4) is 5.75 Å². The van der Waals surface area contributed by atoms with Crippen LogP contribution in [0.1, 0.15) is 31.7 Å². The van der Waals surface area contributed by atoms with Crippen LogP contribution in [-0.2, 0) is 9.59 Å². The first-order chi connectivity index (χ1) is 12.4. The van der Waals surface area contributed by atoms with Crippen LogP contribution in [0.15, 0.2) is 24.3 Å². The molecule has 1 aromatic rings. The molecule has 0 spiro atoms. The van der Waals surface area contributed by atoms with Crippen LogP contribution >= 0.6 is 0 Å². The molecule has 1 aliphatic rings. The van der Waals surface area contributed by atoms with Crippen molar-refractivity contribution in [3.05, 3.63) is 40.0 Å². The average Bonchev–Trinajstić information content (AvgIpc) is 2.64. The van der Waals surface area contributed by atoms with Gasteiger partial charge in [-0.1, -0.05) is 13.0 Å².